The summed E-state index contributed by atoms with van der Waals surface area (Å²) in [6.07, 6.45) is 1.75. The Morgan fingerprint density at radius 2 is 2.14 bits per heavy atom. The van der Waals surface area contributed by atoms with Crippen molar-refractivity contribution in [3.05, 3.63) is 45.7 Å². The van der Waals surface area contributed by atoms with Crippen LogP contribution in [0.5, 0.6) is 0 Å². The van der Waals surface area contributed by atoms with E-state index in [0.717, 1.165) is 16.1 Å². The molecule has 8 heteroatoms. The normalized spacial score (nSPS) is 10.8. The fraction of sp³-hybridized carbons (Fsp3) is 0.154. The van der Waals surface area contributed by atoms with Gasteiger partial charge in [-0.1, -0.05) is 28.9 Å². The van der Waals surface area contributed by atoms with E-state index in [1.807, 2.05) is 24.3 Å². The van der Waals surface area contributed by atoms with Crippen LogP contribution < -0.4 is 5.32 Å². The first-order chi connectivity index (χ1) is 10.3. The van der Waals surface area contributed by atoms with Crippen LogP contribution in [0.25, 0.3) is 11.4 Å². The second-order valence-corrected chi connectivity index (χ2v) is 6.09. The number of nitrogens with zero attached hydrogens (tertiary/aromatic N) is 3. The van der Waals surface area contributed by atoms with Crippen molar-refractivity contribution in [1.82, 2.24) is 15.1 Å². The molecule has 0 aliphatic carbocycles. The van der Waals surface area contributed by atoms with Crippen molar-refractivity contribution in [3.63, 3.8) is 0 Å². The molecule has 0 fully saturated rings. The number of rotatable bonds is 5. The van der Waals surface area contributed by atoms with Gasteiger partial charge >= 0.3 is 0 Å². The molecule has 0 aliphatic rings. The highest BCUT2D eigenvalue weighted by atomic mass is 35.5. The van der Waals surface area contributed by atoms with E-state index in [9.17, 15) is 0 Å². The summed E-state index contributed by atoms with van der Waals surface area (Å²) in [4.78, 5) is 9.30. The largest absolute Gasteiger partial charge is 0.379 e. The molecule has 1 aromatic carbocycles. The third kappa shape index (κ3) is 3.34. The minimum Gasteiger partial charge on any atom is -0.379 e. The molecule has 108 valence electrons. The summed E-state index contributed by atoms with van der Waals surface area (Å²) in [5, 5.41) is 7.26. The number of alkyl halides is 1. The molecule has 0 spiro atoms. The van der Waals surface area contributed by atoms with Crippen molar-refractivity contribution in [2.45, 2.75) is 12.4 Å². The van der Waals surface area contributed by atoms with E-state index in [0.29, 0.717) is 22.7 Å². The summed E-state index contributed by atoms with van der Waals surface area (Å²) in [7, 11) is 0. The van der Waals surface area contributed by atoms with Crippen LogP contribution in [0.2, 0.25) is 4.47 Å². The molecule has 0 atom stereocenters. The average Bonchev–Trinajstić information content (AvgIpc) is 3.14. The molecule has 1 N–H and O–H groups in total. The lowest BCUT2D eigenvalue weighted by Gasteiger charge is -2.08. The Hall–Kier alpha value is -1.63. The predicted molar refractivity (Wildman–Crippen MR) is 83.7 cm³/mol. The maximum atomic E-state index is 5.82. The summed E-state index contributed by atoms with van der Waals surface area (Å²) in [5.41, 5.74) is 1.76. The van der Waals surface area contributed by atoms with Crippen LogP contribution in [-0.4, -0.2) is 15.1 Å². The van der Waals surface area contributed by atoms with Crippen molar-refractivity contribution in [3.8, 4) is 11.4 Å². The Morgan fingerprint density at radius 3 is 2.86 bits per heavy atom. The highest BCUT2D eigenvalue weighted by molar-refractivity contribution is 7.15. The van der Waals surface area contributed by atoms with E-state index in [1.54, 1.807) is 6.20 Å². The Bertz CT molecular complexity index is 743. The molecule has 3 rings (SSSR count). The molecular formula is C13H10Cl2N4OS. The first-order valence-corrected chi connectivity index (χ1v) is 7.81. The molecule has 0 bridgehead atoms. The lowest BCUT2D eigenvalue weighted by molar-refractivity contribution is 0.391. The quantitative estimate of drug-likeness (QED) is 0.705. The van der Waals surface area contributed by atoms with Gasteiger partial charge in [-0.2, -0.15) is 4.98 Å². The summed E-state index contributed by atoms with van der Waals surface area (Å²) >= 11 is 12.9. The van der Waals surface area contributed by atoms with E-state index in [4.69, 9.17) is 27.7 Å². The van der Waals surface area contributed by atoms with Crippen molar-refractivity contribution in [2.75, 3.05) is 5.32 Å². The van der Waals surface area contributed by atoms with Crippen molar-refractivity contribution < 1.29 is 4.52 Å². The van der Waals surface area contributed by atoms with Gasteiger partial charge in [-0.05, 0) is 12.1 Å². The fourth-order valence-corrected chi connectivity index (χ4v) is 2.82. The van der Waals surface area contributed by atoms with Gasteiger partial charge < -0.3 is 9.84 Å². The number of hydrogen-bond acceptors (Lipinski definition) is 6. The lowest BCUT2D eigenvalue weighted by atomic mass is 10.1. The minimum atomic E-state index is 0.196. The van der Waals surface area contributed by atoms with Gasteiger partial charge in [0, 0.05) is 22.3 Å². The Kier molecular flexibility index (Phi) is 4.38. The molecule has 0 radical (unpaired) electrons. The summed E-state index contributed by atoms with van der Waals surface area (Å²) in [5.74, 6) is 1.11. The molecule has 3 aromatic rings. The van der Waals surface area contributed by atoms with Crippen LogP contribution in [-0.2, 0) is 12.4 Å². The zero-order chi connectivity index (χ0) is 14.7. The molecule has 0 amide bonds. The molecule has 0 aliphatic heterocycles. The van der Waals surface area contributed by atoms with Gasteiger partial charge in [-0.3, -0.25) is 0 Å². The third-order valence-corrected chi connectivity index (χ3v) is 4.07. The van der Waals surface area contributed by atoms with Crippen LogP contribution in [0.1, 0.15) is 10.8 Å². The molecule has 21 heavy (non-hydrogen) atoms. The van der Waals surface area contributed by atoms with Crippen molar-refractivity contribution in [2.24, 2.45) is 0 Å². The van der Waals surface area contributed by atoms with Crippen LogP contribution in [0.4, 0.5) is 5.69 Å². The van der Waals surface area contributed by atoms with Crippen molar-refractivity contribution >= 4 is 40.2 Å². The molecule has 0 saturated heterocycles. The van der Waals surface area contributed by atoms with Crippen molar-refractivity contribution in [1.29, 1.82) is 0 Å². The number of anilines is 1. The molecule has 0 unspecified atom stereocenters. The fourth-order valence-electron chi connectivity index (χ4n) is 1.80. The van der Waals surface area contributed by atoms with Gasteiger partial charge in [-0.25, -0.2) is 4.98 Å². The van der Waals surface area contributed by atoms with Gasteiger partial charge in [0.2, 0.25) is 11.7 Å². The third-order valence-electron chi connectivity index (χ3n) is 2.73. The maximum Gasteiger partial charge on any atom is 0.241 e. The highest BCUT2D eigenvalue weighted by Crippen LogP contribution is 2.27. The monoisotopic (exact) mass is 340 g/mol. The van der Waals surface area contributed by atoms with Gasteiger partial charge in [0.15, 0.2) is 4.47 Å². The Labute approximate surface area is 134 Å². The summed E-state index contributed by atoms with van der Waals surface area (Å²) in [6, 6.07) is 7.73. The lowest BCUT2D eigenvalue weighted by Crippen LogP contribution is -1.99. The number of aromatic nitrogens is 3. The number of nitrogens with one attached hydrogen (secondary N) is 1. The Morgan fingerprint density at radius 1 is 1.29 bits per heavy atom. The molecule has 0 saturated carbocycles. The second kappa shape index (κ2) is 6.43. The number of hydrogen-bond donors (Lipinski definition) is 1. The zero-order valence-electron chi connectivity index (χ0n) is 10.7. The molecule has 2 heterocycles. The van der Waals surface area contributed by atoms with E-state index in [2.05, 4.69) is 20.4 Å². The maximum absolute atomic E-state index is 5.82. The molecule has 2 aromatic heterocycles. The van der Waals surface area contributed by atoms with Crippen LogP contribution in [0.15, 0.2) is 35.0 Å². The van der Waals surface area contributed by atoms with Gasteiger partial charge in [0.25, 0.3) is 0 Å². The van der Waals surface area contributed by atoms with E-state index in [1.165, 1.54) is 11.3 Å². The Balaban J connectivity index is 1.82. The van der Waals surface area contributed by atoms with E-state index in [-0.39, 0.29) is 5.88 Å². The summed E-state index contributed by atoms with van der Waals surface area (Å²) in [6.45, 7) is 0.627. The summed E-state index contributed by atoms with van der Waals surface area (Å²) < 4.78 is 5.58. The number of benzene rings is 1. The average molecular weight is 341 g/mol. The molecule has 5 nitrogen and oxygen atoms in total. The number of halogens is 2. The topological polar surface area (TPSA) is 63.8 Å². The molecular weight excluding hydrogens is 331 g/mol. The highest BCUT2D eigenvalue weighted by Gasteiger charge is 2.12. The van der Waals surface area contributed by atoms with Crippen LogP contribution >= 0.6 is 34.5 Å². The first-order valence-electron chi connectivity index (χ1n) is 6.08. The van der Waals surface area contributed by atoms with E-state index < -0.39 is 0 Å². The SMILES string of the molecule is ClCc1nc(-c2ccccc2NCc2cnc(Cl)s2)no1. The van der Waals surface area contributed by atoms with E-state index >= 15 is 0 Å². The van der Waals surface area contributed by atoms with Gasteiger partial charge in [0.05, 0.1) is 6.54 Å². The van der Waals surface area contributed by atoms with Crippen LogP contribution in [0.3, 0.4) is 0 Å². The predicted octanol–water partition coefficient (Wildman–Crippen LogP) is 4.20. The van der Waals surface area contributed by atoms with Crippen LogP contribution in [0, 0.1) is 0 Å². The minimum absolute atomic E-state index is 0.196. The zero-order valence-corrected chi connectivity index (χ0v) is 13.0. The first kappa shape index (κ1) is 14.3. The smallest absolute Gasteiger partial charge is 0.241 e. The standard InChI is InChI=1S/C13H10Cl2N4OS/c14-5-11-18-12(19-20-11)9-3-1-2-4-10(9)16-6-8-7-17-13(15)21-8/h1-4,7,16H,5-6H2. The number of para-hydroxylation sites is 1. The second-order valence-electron chi connectivity index (χ2n) is 4.12. The number of thiazole rings is 1. The van der Waals surface area contributed by atoms with Gasteiger partial charge in [0.1, 0.15) is 5.88 Å². The van der Waals surface area contributed by atoms with Gasteiger partial charge in [-0.15, -0.1) is 22.9 Å².